The summed E-state index contributed by atoms with van der Waals surface area (Å²) in [4.78, 5) is 88.4. The quantitative estimate of drug-likeness (QED) is 0.00819. The van der Waals surface area contributed by atoms with Gasteiger partial charge in [0.05, 0.1) is 89.0 Å². The minimum absolute atomic E-state index is 0.0618. The van der Waals surface area contributed by atoms with Gasteiger partial charge in [-0.25, -0.2) is 31.9 Å². The number of H-pyrrole nitrogens is 3. The molecule has 3 saturated heterocycles. The summed E-state index contributed by atoms with van der Waals surface area (Å²) in [5.41, 5.74) is 10.3. The van der Waals surface area contributed by atoms with E-state index in [1.165, 1.54) is 92.0 Å². The van der Waals surface area contributed by atoms with Crippen molar-refractivity contribution in [3.63, 3.8) is 0 Å². The van der Waals surface area contributed by atoms with E-state index in [4.69, 9.17) is 102 Å². The molecule has 0 bridgehead atoms. The molecule has 12 rings (SSSR count). The number of aliphatic hydroxyl groups excluding tert-OH is 3. The number of nitrogens with zero attached hydrogens (tertiary/aromatic N) is 6. The van der Waals surface area contributed by atoms with E-state index in [9.17, 15) is 71.0 Å². The van der Waals surface area contributed by atoms with Gasteiger partial charge < -0.3 is 87.5 Å². The molecule has 0 spiro atoms. The van der Waals surface area contributed by atoms with Crippen molar-refractivity contribution in [3.8, 4) is 17.2 Å². The highest BCUT2D eigenvalue weighted by molar-refractivity contribution is 7.55. The molecule has 0 amide bonds. The smallest absolute Gasteiger partial charge is 0.380 e. The summed E-state index contributed by atoms with van der Waals surface area (Å²) in [6.45, 7) is 17.1. The number of carbonyl (C=O) groups excluding carboxylic acids is 3. The first-order valence-corrected chi connectivity index (χ1v) is 45.4. The van der Waals surface area contributed by atoms with Gasteiger partial charge in [0.15, 0.2) is 30.0 Å². The fourth-order valence-corrected chi connectivity index (χ4v) is 21.1. The van der Waals surface area contributed by atoms with Crippen LogP contribution in [0.2, 0.25) is 0 Å². The molecule has 44 heteroatoms. The second kappa shape index (κ2) is 39.9. The summed E-state index contributed by atoms with van der Waals surface area (Å²) < 4.78 is 159. The second-order valence-corrected chi connectivity index (χ2v) is 39.0. The molecule has 0 radical (unpaired) electrons. The van der Waals surface area contributed by atoms with Crippen LogP contribution >= 0.6 is 57.6 Å². The molecule has 9 heterocycles. The zero-order valence-electron chi connectivity index (χ0n) is 69.1. The van der Waals surface area contributed by atoms with E-state index in [1.807, 2.05) is 0 Å². The zero-order valence-corrected chi connectivity index (χ0v) is 74.1. The van der Waals surface area contributed by atoms with Crippen molar-refractivity contribution in [2.24, 2.45) is 17.8 Å². The van der Waals surface area contributed by atoms with E-state index in [0.717, 1.165) is 0 Å². The van der Waals surface area contributed by atoms with Crippen LogP contribution < -0.4 is 41.7 Å². The van der Waals surface area contributed by atoms with E-state index in [2.05, 4.69) is 29.9 Å². The number of benzene rings is 3. The molecule has 3 aliphatic rings. The van der Waals surface area contributed by atoms with Crippen LogP contribution in [0.4, 0.5) is 25.1 Å². The molecule has 3 aromatic carbocycles. The number of alkyl halides is 6. The van der Waals surface area contributed by atoms with Gasteiger partial charge in [0.1, 0.15) is 100.0 Å². The van der Waals surface area contributed by atoms with Crippen molar-refractivity contribution in [2.75, 3.05) is 50.0 Å². The highest BCUT2D eigenvalue weighted by Crippen LogP contribution is 2.58. The van der Waals surface area contributed by atoms with Crippen molar-refractivity contribution >= 4 is 120 Å². The minimum Gasteiger partial charge on any atom is -0.463 e. The molecule has 6 aromatic heterocycles. The first-order valence-electron chi connectivity index (χ1n) is 39.1. The Labute approximate surface area is 718 Å². The summed E-state index contributed by atoms with van der Waals surface area (Å²) in [5, 5.41) is 34.1. The number of nitrogens with one attached hydrogen (secondary N) is 3. The van der Waals surface area contributed by atoms with Gasteiger partial charge in [0.2, 0.25) is 11.9 Å². The fourth-order valence-electron chi connectivity index (χ4n) is 14.0. The maximum atomic E-state index is 14.5. The van der Waals surface area contributed by atoms with Crippen LogP contribution in [0.1, 0.15) is 108 Å². The van der Waals surface area contributed by atoms with Crippen LogP contribution in [0.3, 0.4) is 0 Å². The Hall–Kier alpha value is -8.68. The van der Waals surface area contributed by atoms with Gasteiger partial charge >= 0.3 is 40.7 Å². The van der Waals surface area contributed by atoms with Gasteiger partial charge in [0, 0.05) is 18.6 Å². The van der Waals surface area contributed by atoms with Gasteiger partial charge in [0.25, 0.3) is 16.7 Å². The summed E-state index contributed by atoms with van der Waals surface area (Å²) in [6.07, 6.45) is -14.3. The number of hydrogen-bond donors (Lipinski definition) is 8. The number of esters is 3. The van der Waals surface area contributed by atoms with Gasteiger partial charge in [-0.1, -0.05) is 75.4 Å². The lowest BCUT2D eigenvalue weighted by molar-refractivity contribution is -0.152. The molecular formula is C79H100Cl3F3N11O24P3. The molecule has 9 aromatic rings. The number of nitrogen functional groups attached to an aromatic ring is 2. The SMILES string of the molecule is CC(C)OC(=O)[C@H](C)CP(=O)(Oc1ccccc1)O[C@@H](C)[C@H]1O[C@@H](n2ccc3c(=O)[nH]c(N)nc32)C(Cl)(CF)[C@H]1O.CC(C)OC(=O)[C@H](C)C[P@@](=O)(Oc1ccccc1)O[C@@H](C)[C@H]1O[C@@H](n2ccc3c(=O)[nH]c(N)nc32)C(Cl)(CF)[C@H]1O.Cc1nc2c(ccn2[C@@H]2O[C@H]([C@H](C)O[P@](=O)(C[C@@H](C)C(=O)OC(C)C)Oc3ccccc3)[C@H](O)C2(Cl)CF)c(=O)[nH]1. The van der Waals surface area contributed by atoms with Crippen LogP contribution in [0.25, 0.3) is 33.1 Å². The Morgan fingerprint density at radius 3 is 0.951 bits per heavy atom. The molecule has 672 valence electrons. The number of nitrogens with two attached hydrogens (primary N) is 2. The van der Waals surface area contributed by atoms with E-state index in [1.54, 1.807) is 139 Å². The standard InChI is InChI=1S/C27H34ClFN3O8P.2C26H33ClFN4O8P/c1-15(2)37-25(35)16(3)13-41(36,40-19-9-7-6-8-10-19)39-17(4)21-22(33)27(28,14-29)26(38-21)32-12-11-20-23(32)30-18(5)31-24(20)34;2*1-14(2)37-23(35)15(3)12-41(36,40-17-8-6-5-7-9-17)39-16(4)19-20(33)26(27,13-28)24(38-19)32-11-10-18-21(32)30-25(29)31-22(18)34/h6-12,15-17,21-22,26,33H,13-14H2,1-5H3,(H,30,31,34);2*5-11,14-16,19-20,24,33H,12-13H2,1-4H3,(H3,29,30,31,34)/t16-,17+,21-,22+,26-,27?,41-;15-,16+,19-,20+,24-,26?,41?;15-,16+,19-,20+,24-,26?,41+/m111/s1. The van der Waals surface area contributed by atoms with Crippen LogP contribution in [-0.4, -0.2) is 203 Å². The number of carbonyl (C=O) groups is 3. The third-order valence-electron chi connectivity index (χ3n) is 19.9. The highest BCUT2D eigenvalue weighted by atomic mass is 35.5. The summed E-state index contributed by atoms with van der Waals surface area (Å²) >= 11 is 19.9. The molecule has 0 aliphatic carbocycles. The van der Waals surface area contributed by atoms with E-state index in [-0.39, 0.29) is 99.0 Å². The van der Waals surface area contributed by atoms with Crippen LogP contribution in [0, 0.1) is 24.7 Å². The average Bonchev–Trinajstić information content (AvgIpc) is 1.59. The van der Waals surface area contributed by atoms with Crippen molar-refractivity contribution in [3.05, 3.63) is 165 Å². The van der Waals surface area contributed by atoms with Crippen molar-refractivity contribution in [2.45, 2.75) is 197 Å². The van der Waals surface area contributed by atoms with E-state index in [0.29, 0.717) is 5.82 Å². The predicted octanol–water partition coefficient (Wildman–Crippen LogP) is 12.1. The molecular weight excluding hydrogens is 1740 g/mol. The highest BCUT2D eigenvalue weighted by Gasteiger charge is 2.62. The Bertz CT molecular complexity index is 4990. The summed E-state index contributed by atoms with van der Waals surface area (Å²) in [5.74, 6) is -3.75. The Kier molecular flexibility index (Phi) is 31.3. The Balaban J connectivity index is 0.000000193. The maximum absolute atomic E-state index is 14.5. The minimum atomic E-state index is -4.12. The lowest BCUT2D eigenvalue weighted by Gasteiger charge is -2.29. The van der Waals surface area contributed by atoms with Gasteiger partial charge in [-0.2, -0.15) is 9.97 Å². The number of halogens is 6. The molecule has 10 N–H and O–H groups in total. The molecule has 4 unspecified atom stereocenters. The van der Waals surface area contributed by atoms with Gasteiger partial charge in [-0.05, 0) is 124 Å². The lowest BCUT2D eigenvalue weighted by atomic mass is 9.97. The Morgan fingerprint density at radius 2 is 0.699 bits per heavy atom. The van der Waals surface area contributed by atoms with Crippen LogP contribution in [-0.2, 0) is 70.1 Å². The predicted molar refractivity (Wildman–Crippen MR) is 449 cm³/mol. The van der Waals surface area contributed by atoms with Crippen molar-refractivity contribution < 1.29 is 112 Å². The number of para-hydroxylation sites is 3. The number of aromatic nitrogens is 9. The number of hydrogen-bond acceptors (Lipinski definition) is 29. The summed E-state index contributed by atoms with van der Waals surface area (Å²) in [6, 6.07) is 29.1. The topological polar surface area (TPSA) is 478 Å². The first kappa shape index (κ1) is 96.5. The van der Waals surface area contributed by atoms with E-state index < -0.39 is 183 Å². The van der Waals surface area contributed by atoms with Gasteiger partial charge in [-0.15, -0.1) is 34.8 Å². The first-order chi connectivity index (χ1) is 57.8. The lowest BCUT2D eigenvalue weighted by Crippen LogP contribution is -2.46. The third kappa shape index (κ3) is 22.1. The Morgan fingerprint density at radius 1 is 0.447 bits per heavy atom. The van der Waals surface area contributed by atoms with Crippen molar-refractivity contribution in [1.29, 1.82) is 0 Å². The monoisotopic (exact) mass is 1840 g/mol. The largest absolute Gasteiger partial charge is 0.463 e. The van der Waals surface area contributed by atoms with Crippen molar-refractivity contribution in [1.82, 2.24) is 43.6 Å². The number of fused-ring (bicyclic) bond motifs is 3. The number of ether oxygens (including phenoxy) is 6. The third-order valence-corrected chi connectivity index (χ3v) is 27.8. The number of aryl methyl sites for hydroxylation is 1. The molecule has 123 heavy (non-hydrogen) atoms. The fraction of sp³-hybridized carbons (Fsp3) is 0.506. The number of rotatable bonds is 33. The normalized spacial score (nSPS) is 25.6. The number of aromatic amines is 3. The number of aliphatic hydroxyl groups is 3. The zero-order chi connectivity index (χ0) is 90.3. The summed E-state index contributed by atoms with van der Waals surface area (Å²) in [7, 11) is -12.3. The van der Waals surface area contributed by atoms with Gasteiger partial charge in [-0.3, -0.25) is 52.3 Å². The molecule has 0 saturated carbocycles. The molecule has 3 fully saturated rings. The van der Waals surface area contributed by atoms with Crippen LogP contribution in [0.15, 0.2) is 142 Å². The maximum Gasteiger partial charge on any atom is 0.380 e. The van der Waals surface area contributed by atoms with E-state index >= 15 is 0 Å². The second-order valence-electron chi connectivity index (χ2n) is 31.0. The van der Waals surface area contributed by atoms with Crippen LogP contribution in [0.5, 0.6) is 17.2 Å². The molecule has 21 atom stereocenters. The number of anilines is 2. The molecule has 35 nitrogen and oxygen atoms in total. The average molecular weight is 1840 g/mol. The molecule has 3 aliphatic heterocycles.